The van der Waals surface area contributed by atoms with E-state index in [2.05, 4.69) is 46.3 Å². The molecule has 1 N–H and O–H groups in total. The van der Waals surface area contributed by atoms with E-state index in [0.717, 1.165) is 37.0 Å². The number of rotatable bonds is 3. The summed E-state index contributed by atoms with van der Waals surface area (Å²) in [5.74, 6) is 0. The molecule has 2 fully saturated rings. The average Bonchev–Trinajstić information content (AvgIpc) is 2.98. The Balaban J connectivity index is 1.39. The Morgan fingerprint density at radius 1 is 0.923 bits per heavy atom. The third-order valence-corrected chi connectivity index (χ3v) is 6.55. The second-order valence-corrected chi connectivity index (χ2v) is 7.79. The first-order valence-electron chi connectivity index (χ1n) is 9.78. The lowest BCUT2D eigenvalue weighted by molar-refractivity contribution is -0.0114. The van der Waals surface area contributed by atoms with Gasteiger partial charge in [0.05, 0.1) is 11.0 Å². The van der Waals surface area contributed by atoms with Crippen LogP contribution in [-0.2, 0) is 5.54 Å². The number of aromatic nitrogens is 2. The summed E-state index contributed by atoms with van der Waals surface area (Å²) in [6, 6.07) is 19.3. The molecule has 5 rings (SSSR count). The Kier molecular flexibility index (Phi) is 3.75. The van der Waals surface area contributed by atoms with Gasteiger partial charge in [-0.2, -0.15) is 0 Å². The molecule has 2 aliphatic rings. The van der Waals surface area contributed by atoms with Gasteiger partial charge in [-0.05, 0) is 49.8 Å². The van der Waals surface area contributed by atoms with Gasteiger partial charge in [0.1, 0.15) is 0 Å². The zero-order chi connectivity index (χ0) is 17.6. The molecule has 1 aliphatic heterocycles. The maximum absolute atomic E-state index is 12.5. The molecule has 2 heterocycles. The average molecular weight is 347 g/mol. The zero-order valence-corrected chi connectivity index (χ0v) is 15.0. The van der Waals surface area contributed by atoms with Crippen molar-refractivity contribution < 1.29 is 0 Å². The highest BCUT2D eigenvalue weighted by molar-refractivity contribution is 5.75. The van der Waals surface area contributed by atoms with Crippen molar-refractivity contribution in [1.82, 2.24) is 14.5 Å². The maximum Gasteiger partial charge on any atom is 0.326 e. The van der Waals surface area contributed by atoms with Gasteiger partial charge in [0.15, 0.2) is 0 Å². The van der Waals surface area contributed by atoms with E-state index in [1.807, 2.05) is 22.8 Å². The molecule has 0 unspecified atom stereocenters. The van der Waals surface area contributed by atoms with Gasteiger partial charge in [-0.25, -0.2) is 4.79 Å². The summed E-state index contributed by atoms with van der Waals surface area (Å²) in [4.78, 5) is 18.2. The third-order valence-electron chi connectivity index (χ3n) is 6.55. The molecule has 0 radical (unpaired) electrons. The number of nitrogens with zero attached hydrogens (tertiary/aromatic N) is 2. The van der Waals surface area contributed by atoms with Crippen molar-refractivity contribution in [3.8, 4) is 0 Å². The van der Waals surface area contributed by atoms with Crippen molar-refractivity contribution in [2.75, 3.05) is 13.1 Å². The molecule has 3 aromatic rings. The van der Waals surface area contributed by atoms with Gasteiger partial charge in [0.25, 0.3) is 0 Å². The molecule has 26 heavy (non-hydrogen) atoms. The molecule has 0 spiro atoms. The number of benzene rings is 2. The van der Waals surface area contributed by atoms with Gasteiger partial charge in [-0.3, -0.25) is 9.47 Å². The van der Waals surface area contributed by atoms with E-state index >= 15 is 0 Å². The lowest BCUT2D eigenvalue weighted by Crippen LogP contribution is -2.54. The predicted octanol–water partition coefficient (Wildman–Crippen LogP) is 4.05. The van der Waals surface area contributed by atoms with Crippen LogP contribution in [0.15, 0.2) is 59.4 Å². The third kappa shape index (κ3) is 2.36. The lowest BCUT2D eigenvalue weighted by Gasteiger charge is -2.53. The highest BCUT2D eigenvalue weighted by Gasteiger charge is 2.45. The number of imidazole rings is 1. The molecule has 1 aromatic heterocycles. The summed E-state index contributed by atoms with van der Waals surface area (Å²) in [6.45, 7) is 2.12. The van der Waals surface area contributed by atoms with E-state index in [-0.39, 0.29) is 11.2 Å². The van der Waals surface area contributed by atoms with E-state index in [1.54, 1.807) is 0 Å². The van der Waals surface area contributed by atoms with Crippen LogP contribution in [0.2, 0.25) is 0 Å². The number of fused-ring (bicyclic) bond motifs is 1. The Morgan fingerprint density at radius 2 is 1.62 bits per heavy atom. The standard InChI is InChI=1S/C22H25N3O/c26-21-23-19-9-4-5-10-20(19)25(21)18-11-15-24(16-12-18)22(13-6-14-22)17-7-2-1-3-8-17/h1-5,7-10,18H,6,11-16H2,(H,23,26). The first kappa shape index (κ1) is 15.9. The van der Waals surface area contributed by atoms with Crippen molar-refractivity contribution in [3.05, 3.63) is 70.6 Å². The zero-order valence-electron chi connectivity index (χ0n) is 15.0. The molecule has 0 amide bonds. The van der Waals surface area contributed by atoms with Crippen molar-refractivity contribution in [2.24, 2.45) is 0 Å². The SMILES string of the molecule is O=c1[nH]c2ccccc2n1C1CCN(C2(c3ccccc3)CCC2)CC1. The van der Waals surface area contributed by atoms with Gasteiger partial charge in [0.2, 0.25) is 0 Å². The van der Waals surface area contributed by atoms with Gasteiger partial charge in [0, 0.05) is 24.7 Å². The number of para-hydroxylation sites is 2. The Hall–Kier alpha value is -2.33. The van der Waals surface area contributed by atoms with Gasteiger partial charge < -0.3 is 4.98 Å². The number of hydrogen-bond donors (Lipinski definition) is 1. The monoisotopic (exact) mass is 347 g/mol. The van der Waals surface area contributed by atoms with Gasteiger partial charge in [-0.1, -0.05) is 42.5 Å². The van der Waals surface area contributed by atoms with Crippen LogP contribution >= 0.6 is 0 Å². The molecule has 0 atom stereocenters. The largest absolute Gasteiger partial charge is 0.326 e. The Labute approximate surface area is 153 Å². The topological polar surface area (TPSA) is 41.0 Å². The van der Waals surface area contributed by atoms with Crippen LogP contribution in [0.3, 0.4) is 0 Å². The van der Waals surface area contributed by atoms with Crippen LogP contribution in [-0.4, -0.2) is 27.5 Å². The van der Waals surface area contributed by atoms with E-state index < -0.39 is 0 Å². The fraction of sp³-hybridized carbons (Fsp3) is 0.409. The molecular formula is C22H25N3O. The normalized spacial score (nSPS) is 20.9. The van der Waals surface area contributed by atoms with Crippen LogP contribution in [0.5, 0.6) is 0 Å². The van der Waals surface area contributed by atoms with Crippen LogP contribution in [0.1, 0.15) is 43.7 Å². The first-order chi connectivity index (χ1) is 12.8. The summed E-state index contributed by atoms with van der Waals surface area (Å²) in [6.07, 6.45) is 5.91. The number of aromatic amines is 1. The van der Waals surface area contributed by atoms with Crippen LogP contribution < -0.4 is 5.69 Å². The molecule has 1 aliphatic carbocycles. The van der Waals surface area contributed by atoms with E-state index in [1.165, 1.54) is 24.8 Å². The van der Waals surface area contributed by atoms with E-state index in [9.17, 15) is 4.79 Å². The molecule has 1 saturated heterocycles. The van der Waals surface area contributed by atoms with E-state index in [4.69, 9.17) is 0 Å². The minimum atomic E-state index is 0.0334. The molecule has 2 aromatic carbocycles. The molecule has 4 heteroatoms. The van der Waals surface area contributed by atoms with Crippen LogP contribution in [0.4, 0.5) is 0 Å². The quantitative estimate of drug-likeness (QED) is 0.777. The van der Waals surface area contributed by atoms with Gasteiger partial charge in [-0.15, -0.1) is 0 Å². The Morgan fingerprint density at radius 3 is 2.31 bits per heavy atom. The fourth-order valence-electron chi connectivity index (χ4n) is 5.04. The van der Waals surface area contributed by atoms with E-state index in [0.29, 0.717) is 6.04 Å². The maximum atomic E-state index is 12.5. The Bertz CT molecular complexity index is 960. The summed E-state index contributed by atoms with van der Waals surface area (Å²) < 4.78 is 1.99. The minimum Gasteiger partial charge on any atom is -0.306 e. The predicted molar refractivity (Wildman–Crippen MR) is 104 cm³/mol. The van der Waals surface area contributed by atoms with Crippen molar-refractivity contribution in [2.45, 2.75) is 43.7 Å². The van der Waals surface area contributed by atoms with Gasteiger partial charge >= 0.3 is 5.69 Å². The number of hydrogen-bond acceptors (Lipinski definition) is 2. The molecule has 1 saturated carbocycles. The molecule has 0 bridgehead atoms. The molecule has 4 nitrogen and oxygen atoms in total. The van der Waals surface area contributed by atoms with Crippen molar-refractivity contribution in [1.29, 1.82) is 0 Å². The first-order valence-corrected chi connectivity index (χ1v) is 9.78. The van der Waals surface area contributed by atoms with Crippen molar-refractivity contribution in [3.63, 3.8) is 0 Å². The highest BCUT2D eigenvalue weighted by atomic mass is 16.1. The summed E-state index contributed by atoms with van der Waals surface area (Å²) >= 11 is 0. The second-order valence-electron chi connectivity index (χ2n) is 7.79. The summed E-state index contributed by atoms with van der Waals surface area (Å²) in [5.41, 5.74) is 3.72. The molecule has 134 valence electrons. The molecular weight excluding hydrogens is 322 g/mol. The van der Waals surface area contributed by atoms with Crippen molar-refractivity contribution >= 4 is 11.0 Å². The number of nitrogens with one attached hydrogen (secondary N) is 1. The summed E-state index contributed by atoms with van der Waals surface area (Å²) in [7, 11) is 0. The summed E-state index contributed by atoms with van der Waals surface area (Å²) in [5, 5.41) is 0. The van der Waals surface area contributed by atoms with Crippen LogP contribution in [0.25, 0.3) is 11.0 Å². The number of likely N-dealkylation sites (tertiary alicyclic amines) is 1. The second kappa shape index (κ2) is 6.13. The minimum absolute atomic E-state index is 0.0334. The van der Waals surface area contributed by atoms with Crippen LogP contribution in [0, 0.1) is 0 Å². The smallest absolute Gasteiger partial charge is 0.306 e. The fourth-order valence-corrected chi connectivity index (χ4v) is 5.04. The highest BCUT2D eigenvalue weighted by Crippen LogP contribution is 2.48. The number of H-pyrrole nitrogens is 1. The number of piperidine rings is 1. The lowest BCUT2D eigenvalue weighted by atomic mass is 9.69.